The largest absolute Gasteiger partial charge is 0.468 e. The summed E-state index contributed by atoms with van der Waals surface area (Å²) in [6.07, 6.45) is 0.409. The molecular weight excluding hydrogens is 460 g/mol. The molecule has 0 fully saturated rings. The summed E-state index contributed by atoms with van der Waals surface area (Å²) in [4.78, 5) is 38.5. The molecule has 2 aromatic carbocycles. The van der Waals surface area contributed by atoms with Crippen molar-refractivity contribution < 1.29 is 23.9 Å². The number of rotatable bonds is 8. The van der Waals surface area contributed by atoms with Crippen LogP contribution >= 0.6 is 27.5 Å². The first-order valence-corrected chi connectivity index (χ1v) is 10.2. The summed E-state index contributed by atoms with van der Waals surface area (Å²) in [6.45, 7) is 1.84. The Kier molecular flexibility index (Phi) is 8.41. The van der Waals surface area contributed by atoms with E-state index in [1.165, 1.54) is 14.2 Å². The van der Waals surface area contributed by atoms with Crippen LogP contribution in [0.4, 0.5) is 0 Å². The summed E-state index contributed by atoms with van der Waals surface area (Å²) >= 11 is 9.32. The number of ketones is 1. The second-order valence-corrected chi connectivity index (χ2v) is 7.84. The number of carbonyl (C=O) groups excluding carboxylic acids is 3. The van der Waals surface area contributed by atoms with Crippen molar-refractivity contribution in [3.63, 3.8) is 0 Å². The highest BCUT2D eigenvalue weighted by Crippen LogP contribution is 2.38. The highest BCUT2D eigenvalue weighted by molar-refractivity contribution is 9.10. The number of Topliss-reactive ketones (excluding diaryl/α,β-unsaturated/α-hetero) is 1. The standard InChI is InChI=1S/C22H22BrClO5/c1-4-17(20(25)14-7-11-16(24)12-8-14)18(13-5-9-15(23)10-6-13)19(21(26)28-2)22(27)29-3/h5-12,17-19H,4H2,1-3H3. The fraction of sp³-hybridized carbons (Fsp3) is 0.318. The van der Waals surface area contributed by atoms with Crippen molar-refractivity contribution >= 4 is 45.3 Å². The van der Waals surface area contributed by atoms with Crippen LogP contribution in [0.25, 0.3) is 0 Å². The van der Waals surface area contributed by atoms with Crippen LogP contribution in [0.1, 0.15) is 35.2 Å². The molecule has 2 aromatic rings. The van der Waals surface area contributed by atoms with Gasteiger partial charge in [-0.1, -0.05) is 46.6 Å². The summed E-state index contributed by atoms with van der Waals surface area (Å²) in [5, 5.41) is 0.515. The molecule has 7 heteroatoms. The first-order chi connectivity index (χ1) is 13.8. The molecule has 0 radical (unpaired) electrons. The molecule has 0 bridgehead atoms. The van der Waals surface area contributed by atoms with Gasteiger partial charge in [0.15, 0.2) is 11.7 Å². The predicted octanol–water partition coefficient (Wildman–Crippen LogP) is 5.06. The van der Waals surface area contributed by atoms with Crippen molar-refractivity contribution in [2.24, 2.45) is 11.8 Å². The smallest absolute Gasteiger partial charge is 0.320 e. The molecule has 5 nitrogen and oxygen atoms in total. The molecule has 0 aliphatic carbocycles. The highest BCUT2D eigenvalue weighted by Gasteiger charge is 2.44. The van der Waals surface area contributed by atoms with Crippen molar-refractivity contribution in [3.05, 3.63) is 69.2 Å². The zero-order valence-corrected chi connectivity index (χ0v) is 18.7. The van der Waals surface area contributed by atoms with Crippen LogP contribution < -0.4 is 0 Å². The Labute approximate surface area is 183 Å². The SMILES string of the molecule is CCC(C(=O)c1ccc(Cl)cc1)C(c1ccc(Br)cc1)C(C(=O)OC)C(=O)OC. The highest BCUT2D eigenvalue weighted by atomic mass is 79.9. The van der Waals surface area contributed by atoms with E-state index < -0.39 is 29.7 Å². The van der Waals surface area contributed by atoms with Crippen LogP contribution in [-0.4, -0.2) is 31.9 Å². The predicted molar refractivity (Wildman–Crippen MR) is 114 cm³/mol. The number of hydrogen-bond donors (Lipinski definition) is 0. The Bertz CT molecular complexity index is 848. The molecule has 0 aromatic heterocycles. The van der Waals surface area contributed by atoms with Gasteiger partial charge < -0.3 is 9.47 Å². The van der Waals surface area contributed by atoms with E-state index >= 15 is 0 Å². The Hall–Kier alpha value is -2.18. The lowest BCUT2D eigenvalue weighted by Gasteiger charge is -2.30. The maximum Gasteiger partial charge on any atom is 0.320 e. The summed E-state index contributed by atoms with van der Waals surface area (Å²) in [7, 11) is 2.41. The van der Waals surface area contributed by atoms with Gasteiger partial charge in [0.05, 0.1) is 14.2 Å². The molecule has 2 unspecified atom stereocenters. The van der Waals surface area contributed by atoms with E-state index in [-0.39, 0.29) is 5.78 Å². The lowest BCUT2D eigenvalue weighted by molar-refractivity contribution is -0.160. The molecule has 154 valence electrons. The van der Waals surface area contributed by atoms with E-state index in [0.717, 1.165) is 4.47 Å². The fourth-order valence-electron chi connectivity index (χ4n) is 3.42. The second kappa shape index (κ2) is 10.6. The molecule has 0 heterocycles. The number of esters is 2. The van der Waals surface area contributed by atoms with Crippen molar-refractivity contribution in [2.45, 2.75) is 19.3 Å². The van der Waals surface area contributed by atoms with E-state index in [1.807, 2.05) is 6.92 Å². The average Bonchev–Trinajstić information content (AvgIpc) is 2.73. The van der Waals surface area contributed by atoms with E-state index in [1.54, 1.807) is 48.5 Å². The maximum absolute atomic E-state index is 13.3. The number of methoxy groups -OCH3 is 2. The number of carbonyl (C=O) groups is 3. The summed E-state index contributed by atoms with van der Waals surface area (Å²) in [6, 6.07) is 13.7. The molecule has 29 heavy (non-hydrogen) atoms. The van der Waals surface area contributed by atoms with Gasteiger partial charge in [0, 0.05) is 26.9 Å². The van der Waals surface area contributed by atoms with Gasteiger partial charge in [0.1, 0.15) is 0 Å². The minimum Gasteiger partial charge on any atom is -0.468 e. The number of benzene rings is 2. The van der Waals surface area contributed by atoms with Gasteiger partial charge in [-0.2, -0.15) is 0 Å². The van der Waals surface area contributed by atoms with Gasteiger partial charge in [-0.15, -0.1) is 0 Å². The quantitative estimate of drug-likeness (QED) is 0.299. The minimum absolute atomic E-state index is 0.185. The van der Waals surface area contributed by atoms with Crippen molar-refractivity contribution in [1.29, 1.82) is 0 Å². The third-order valence-electron chi connectivity index (χ3n) is 4.86. The molecule has 0 aliphatic rings. The Morgan fingerprint density at radius 3 is 1.90 bits per heavy atom. The maximum atomic E-state index is 13.3. The van der Waals surface area contributed by atoms with Gasteiger partial charge in [-0.25, -0.2) is 0 Å². The number of hydrogen-bond acceptors (Lipinski definition) is 5. The minimum atomic E-state index is -1.27. The molecule has 0 N–H and O–H groups in total. The van der Waals surface area contributed by atoms with Crippen molar-refractivity contribution in [2.75, 3.05) is 14.2 Å². The molecule has 0 saturated heterocycles. The van der Waals surface area contributed by atoms with E-state index in [0.29, 0.717) is 22.6 Å². The number of halogens is 2. The van der Waals surface area contributed by atoms with E-state index in [9.17, 15) is 14.4 Å². The number of ether oxygens (including phenoxy) is 2. The topological polar surface area (TPSA) is 69.7 Å². The van der Waals surface area contributed by atoms with Gasteiger partial charge in [0.25, 0.3) is 0 Å². The zero-order valence-electron chi connectivity index (χ0n) is 16.4. The molecular formula is C22H22BrClO5. The second-order valence-electron chi connectivity index (χ2n) is 6.49. The van der Waals surface area contributed by atoms with Gasteiger partial charge in [-0.05, 0) is 48.4 Å². The molecule has 0 amide bonds. The van der Waals surface area contributed by atoms with E-state index in [2.05, 4.69) is 15.9 Å². The average molecular weight is 482 g/mol. The fourth-order valence-corrected chi connectivity index (χ4v) is 3.81. The molecule has 2 atom stereocenters. The molecule has 0 saturated carbocycles. The normalized spacial score (nSPS) is 12.9. The van der Waals surface area contributed by atoms with Crippen LogP contribution in [0.2, 0.25) is 5.02 Å². The van der Waals surface area contributed by atoms with Gasteiger partial charge >= 0.3 is 11.9 Å². The Balaban J connectivity index is 2.60. The lowest BCUT2D eigenvalue weighted by atomic mass is 9.72. The van der Waals surface area contributed by atoms with Crippen LogP contribution in [0.15, 0.2) is 53.0 Å². The van der Waals surface area contributed by atoms with Gasteiger partial charge in [-0.3, -0.25) is 14.4 Å². The first-order valence-electron chi connectivity index (χ1n) is 9.04. The lowest BCUT2D eigenvalue weighted by Crippen LogP contribution is -2.38. The van der Waals surface area contributed by atoms with Crippen molar-refractivity contribution in [1.82, 2.24) is 0 Å². The molecule has 2 rings (SSSR count). The molecule has 0 spiro atoms. The van der Waals surface area contributed by atoms with E-state index in [4.69, 9.17) is 21.1 Å². The third-order valence-corrected chi connectivity index (χ3v) is 5.64. The van der Waals surface area contributed by atoms with Crippen LogP contribution in [0, 0.1) is 11.8 Å². The van der Waals surface area contributed by atoms with Gasteiger partial charge in [0.2, 0.25) is 0 Å². The Morgan fingerprint density at radius 1 is 0.931 bits per heavy atom. The van der Waals surface area contributed by atoms with Crippen molar-refractivity contribution in [3.8, 4) is 0 Å². The zero-order chi connectivity index (χ0) is 21.6. The van der Waals surface area contributed by atoms with Crippen LogP contribution in [-0.2, 0) is 19.1 Å². The van der Waals surface area contributed by atoms with Crippen LogP contribution in [0.5, 0.6) is 0 Å². The summed E-state index contributed by atoms with van der Waals surface area (Å²) in [5.74, 6) is -4.35. The first kappa shape index (κ1) is 23.1. The van der Waals surface area contributed by atoms with Crippen LogP contribution in [0.3, 0.4) is 0 Å². The third kappa shape index (κ3) is 5.46. The summed E-state index contributed by atoms with van der Waals surface area (Å²) < 4.78 is 10.6. The summed E-state index contributed by atoms with van der Waals surface area (Å²) in [5.41, 5.74) is 1.13. The Morgan fingerprint density at radius 2 is 1.45 bits per heavy atom. The molecule has 0 aliphatic heterocycles. The monoisotopic (exact) mass is 480 g/mol.